The summed E-state index contributed by atoms with van der Waals surface area (Å²) in [5, 5.41) is 16.4. The molecule has 74 heavy (non-hydrogen) atoms. The van der Waals surface area contributed by atoms with Gasteiger partial charge in [-0.15, -0.1) is 0 Å². The van der Waals surface area contributed by atoms with Crippen LogP contribution in [0.15, 0.2) is 77.8 Å². The highest BCUT2D eigenvalue weighted by Crippen LogP contribution is 2.55. The molecule has 21 heteroatoms. The van der Waals surface area contributed by atoms with Gasteiger partial charge in [-0.1, -0.05) is 18.2 Å². The predicted molar refractivity (Wildman–Crippen MR) is 273 cm³/mol. The summed E-state index contributed by atoms with van der Waals surface area (Å²) in [5.74, 6) is -2.45. The van der Waals surface area contributed by atoms with Gasteiger partial charge < -0.3 is 43.9 Å². The van der Waals surface area contributed by atoms with Crippen LogP contribution in [0, 0.1) is 15.5 Å². The average Bonchev–Trinajstić information content (AvgIpc) is 4.17. The molecule has 5 aromatic rings. The van der Waals surface area contributed by atoms with E-state index in [4.69, 9.17) is 23.9 Å². The SMILES string of the molecule is CC(C)Oc1ccccc1[C@@H]1CCCN1C1CC2(CCN(c3ccc(C(=O)NS(=O)(=O)c4cc5c(c([N+](=O)[O-])c4)N[C@@H](CN4CCC(F)(F)CC4)CO5)c(N4c5cc6cc[nH]c6nc5O[C@@H]5COC[C@H]54)c3)CC2)C1. The Morgan fingerprint density at radius 2 is 1.77 bits per heavy atom. The molecule has 3 aromatic carbocycles. The molecule has 4 saturated heterocycles. The van der Waals surface area contributed by atoms with Crippen molar-refractivity contribution in [2.45, 2.75) is 112 Å². The molecule has 0 radical (unpaired) electrons. The first kappa shape index (κ1) is 48.6. The van der Waals surface area contributed by atoms with Crippen molar-refractivity contribution >= 4 is 55.4 Å². The van der Waals surface area contributed by atoms with Crippen molar-refractivity contribution < 1.29 is 45.9 Å². The van der Waals surface area contributed by atoms with Gasteiger partial charge in [0, 0.05) is 92.6 Å². The molecule has 12 rings (SSSR count). The van der Waals surface area contributed by atoms with E-state index in [1.807, 2.05) is 40.1 Å². The second kappa shape index (κ2) is 18.8. The fraction of sp³-hybridized carbons (Fsp3) is 0.509. The normalized spacial score (nSPS) is 24.6. The van der Waals surface area contributed by atoms with Gasteiger partial charge >= 0.3 is 0 Å². The molecule has 4 atom stereocenters. The lowest BCUT2D eigenvalue weighted by Gasteiger charge is -2.56. The number of hydrogen-bond acceptors (Lipinski definition) is 15. The van der Waals surface area contributed by atoms with Crippen LogP contribution < -0.4 is 34.0 Å². The number of nitro groups is 1. The Balaban J connectivity index is 0.809. The van der Waals surface area contributed by atoms with E-state index in [-0.39, 0.29) is 74.3 Å². The van der Waals surface area contributed by atoms with Gasteiger partial charge in [-0.2, -0.15) is 4.98 Å². The van der Waals surface area contributed by atoms with Crippen LogP contribution in [0.2, 0.25) is 0 Å². The summed E-state index contributed by atoms with van der Waals surface area (Å²) in [6.45, 7) is 7.97. The number of nitrogens with one attached hydrogen (secondary N) is 3. The number of sulfonamides is 1. The van der Waals surface area contributed by atoms with Gasteiger partial charge in [-0.05, 0) is 101 Å². The van der Waals surface area contributed by atoms with Crippen LogP contribution in [-0.4, -0.2) is 134 Å². The molecule has 1 saturated carbocycles. The zero-order valence-corrected chi connectivity index (χ0v) is 42.3. The number of amides is 1. The minimum Gasteiger partial charge on any atom is -0.491 e. The topological polar surface area (TPSA) is 197 Å². The lowest BCUT2D eigenvalue weighted by Crippen LogP contribution is -2.55. The molecule has 3 N–H and O–H groups in total. The van der Waals surface area contributed by atoms with Crippen LogP contribution in [-0.2, 0) is 14.8 Å². The molecule has 0 bridgehead atoms. The molecule has 18 nitrogen and oxygen atoms in total. The molecule has 392 valence electrons. The fourth-order valence-corrected chi connectivity index (χ4v) is 13.6. The quantitative estimate of drug-likeness (QED) is 0.0799. The Hall–Kier alpha value is -6.29. The van der Waals surface area contributed by atoms with E-state index in [9.17, 15) is 32.1 Å². The minimum absolute atomic E-state index is 0.00128. The molecular weight excluding hydrogens is 977 g/mol. The Kier molecular flexibility index (Phi) is 12.4. The number of hydrogen-bond donors (Lipinski definition) is 3. The van der Waals surface area contributed by atoms with Crippen LogP contribution in [0.5, 0.6) is 17.4 Å². The molecule has 7 aliphatic rings. The standard InChI is InChI=1S/C53H61F2N9O9S/c1-32(2)72-45-8-4-3-6-38(45)40-7-5-17-62(40)36-26-52(27-36)12-20-61(21-13-52)35-9-10-39(41(23-35)63-43-22-33-11-16-56-49(33)58-51(43)73-47-31-70-30-44(47)63)50(65)59-74(68,69)37-24-42(64(66)67)48-46(25-37)71-29-34(57-48)28-60-18-14-53(54,55)15-19-60/h3-4,6,8-11,16,22-25,32,34,36,40,44,47,57H,5,7,12-15,17-21,26-31H2,1-2H3,(H,56,58)(H,59,65)/t34-,40-,44+,47+/m0/s1. The van der Waals surface area contributed by atoms with Gasteiger partial charge in [0.25, 0.3) is 27.5 Å². The van der Waals surface area contributed by atoms with Crippen molar-refractivity contribution in [3.05, 3.63) is 94.2 Å². The second-order valence-electron chi connectivity index (χ2n) is 21.5. The number of aromatic amines is 1. The molecule has 2 aromatic heterocycles. The highest BCUT2D eigenvalue weighted by Gasteiger charge is 2.51. The van der Waals surface area contributed by atoms with Crippen LogP contribution >= 0.6 is 0 Å². The highest BCUT2D eigenvalue weighted by atomic mass is 32.2. The third-order valence-electron chi connectivity index (χ3n) is 16.4. The van der Waals surface area contributed by atoms with Gasteiger partial charge in [0.05, 0.1) is 52.5 Å². The molecular formula is C53H61F2N9O9S. The van der Waals surface area contributed by atoms with Crippen molar-refractivity contribution in [3.63, 3.8) is 0 Å². The lowest BCUT2D eigenvalue weighted by molar-refractivity contribution is -0.384. The number of aromatic nitrogens is 2. The molecule has 1 aliphatic carbocycles. The van der Waals surface area contributed by atoms with Gasteiger partial charge in [0.1, 0.15) is 29.8 Å². The summed E-state index contributed by atoms with van der Waals surface area (Å²) in [4.78, 5) is 42.8. The first-order valence-electron chi connectivity index (χ1n) is 25.9. The number of carbonyl (C=O) groups is 1. The number of carbonyl (C=O) groups excluding carboxylic acids is 1. The van der Waals surface area contributed by atoms with Crippen molar-refractivity contribution in [1.82, 2.24) is 24.5 Å². The molecule has 1 amide bonds. The number of ether oxygens (including phenoxy) is 4. The van der Waals surface area contributed by atoms with Gasteiger partial charge in [-0.3, -0.25) is 19.8 Å². The summed E-state index contributed by atoms with van der Waals surface area (Å²) < 4.78 is 83.2. The number of rotatable bonds is 12. The van der Waals surface area contributed by atoms with E-state index in [1.165, 1.54) is 5.56 Å². The van der Waals surface area contributed by atoms with Gasteiger partial charge in [0.15, 0.2) is 11.4 Å². The summed E-state index contributed by atoms with van der Waals surface area (Å²) >= 11 is 0. The van der Waals surface area contributed by atoms with Crippen LogP contribution in [0.1, 0.15) is 87.2 Å². The number of nitrogens with zero attached hydrogens (tertiary/aromatic N) is 6. The zero-order valence-electron chi connectivity index (χ0n) is 41.4. The van der Waals surface area contributed by atoms with Gasteiger partial charge in [0.2, 0.25) is 5.88 Å². The molecule has 5 fully saturated rings. The van der Waals surface area contributed by atoms with Crippen LogP contribution in [0.4, 0.5) is 37.2 Å². The first-order chi connectivity index (χ1) is 35.6. The maximum atomic E-state index is 14.7. The maximum Gasteiger partial charge on any atom is 0.297 e. The third kappa shape index (κ3) is 9.12. The summed E-state index contributed by atoms with van der Waals surface area (Å²) in [6, 6.07) is 19.7. The van der Waals surface area contributed by atoms with Crippen molar-refractivity contribution in [2.24, 2.45) is 5.41 Å². The largest absolute Gasteiger partial charge is 0.491 e. The Morgan fingerprint density at radius 3 is 2.55 bits per heavy atom. The van der Waals surface area contributed by atoms with E-state index in [0.29, 0.717) is 41.5 Å². The first-order valence-corrected chi connectivity index (χ1v) is 27.4. The van der Waals surface area contributed by atoms with E-state index in [1.54, 1.807) is 12.3 Å². The number of para-hydroxylation sites is 1. The van der Waals surface area contributed by atoms with Crippen molar-refractivity contribution in [2.75, 3.05) is 74.2 Å². The number of anilines is 4. The summed E-state index contributed by atoms with van der Waals surface area (Å²) in [6.07, 6.45) is 7.42. The number of benzene rings is 3. The Labute approximate surface area is 427 Å². The number of halogens is 2. The average molecular weight is 1040 g/mol. The zero-order chi connectivity index (χ0) is 51.1. The number of H-pyrrole nitrogens is 1. The number of alkyl halides is 2. The maximum absolute atomic E-state index is 14.7. The minimum atomic E-state index is -4.76. The fourth-order valence-electron chi connectivity index (χ4n) is 12.6. The highest BCUT2D eigenvalue weighted by molar-refractivity contribution is 7.90. The van der Waals surface area contributed by atoms with E-state index in [0.717, 1.165) is 87.1 Å². The van der Waals surface area contributed by atoms with E-state index >= 15 is 0 Å². The molecule has 0 unspecified atom stereocenters. The van der Waals surface area contributed by atoms with Crippen LogP contribution in [0.25, 0.3) is 11.0 Å². The number of piperidine rings is 2. The second-order valence-corrected chi connectivity index (χ2v) is 23.2. The summed E-state index contributed by atoms with van der Waals surface area (Å²) in [5.41, 5.74) is 3.45. The van der Waals surface area contributed by atoms with Crippen molar-refractivity contribution in [3.8, 4) is 17.4 Å². The molecule has 6 aliphatic heterocycles. The number of pyridine rings is 1. The lowest BCUT2D eigenvalue weighted by atomic mass is 9.60. The monoisotopic (exact) mass is 1040 g/mol. The number of nitro benzene ring substituents is 1. The Morgan fingerprint density at radius 1 is 0.973 bits per heavy atom. The number of likely N-dealkylation sites (tertiary alicyclic amines) is 2. The third-order valence-corrected chi connectivity index (χ3v) is 17.7. The number of fused-ring (bicyclic) bond motifs is 4. The van der Waals surface area contributed by atoms with Crippen molar-refractivity contribution in [1.29, 1.82) is 0 Å². The van der Waals surface area contributed by atoms with Crippen LogP contribution in [0.3, 0.4) is 0 Å². The van der Waals surface area contributed by atoms with E-state index < -0.39 is 55.5 Å². The van der Waals surface area contributed by atoms with E-state index in [2.05, 4.69) is 56.9 Å². The Bertz CT molecular complexity index is 3100. The molecule has 1 spiro atoms. The smallest absolute Gasteiger partial charge is 0.297 e. The summed E-state index contributed by atoms with van der Waals surface area (Å²) in [7, 11) is -4.76. The van der Waals surface area contributed by atoms with Gasteiger partial charge in [-0.25, -0.2) is 21.9 Å². The predicted octanol–water partition coefficient (Wildman–Crippen LogP) is 8.17. The molecule has 8 heterocycles.